The van der Waals surface area contributed by atoms with Crippen LogP contribution >= 0.6 is 11.6 Å². The fourth-order valence-electron chi connectivity index (χ4n) is 2.03. The van der Waals surface area contributed by atoms with Gasteiger partial charge in [0, 0.05) is 17.8 Å². The number of halogens is 1. The molecule has 0 saturated heterocycles. The zero-order valence-corrected chi connectivity index (χ0v) is 12.6. The van der Waals surface area contributed by atoms with E-state index in [0.29, 0.717) is 6.54 Å². The summed E-state index contributed by atoms with van der Waals surface area (Å²) in [4.78, 5) is 10.5. The van der Waals surface area contributed by atoms with Crippen molar-refractivity contribution in [2.75, 3.05) is 7.11 Å². The summed E-state index contributed by atoms with van der Waals surface area (Å²) >= 11 is 6.15. The van der Waals surface area contributed by atoms with Crippen molar-refractivity contribution in [3.8, 4) is 5.75 Å². The van der Waals surface area contributed by atoms with E-state index in [2.05, 4.69) is 5.10 Å². The number of aromatic nitrogens is 2. The normalized spacial score (nSPS) is 12.1. The van der Waals surface area contributed by atoms with E-state index in [-0.39, 0.29) is 16.8 Å². The van der Waals surface area contributed by atoms with E-state index in [1.165, 1.54) is 13.2 Å². The van der Waals surface area contributed by atoms with Gasteiger partial charge in [-0.15, -0.1) is 11.6 Å². The minimum Gasteiger partial charge on any atom is -0.490 e. The Balaban J connectivity index is 2.21. The van der Waals surface area contributed by atoms with Gasteiger partial charge in [-0.1, -0.05) is 13.0 Å². The van der Waals surface area contributed by atoms with Crippen molar-refractivity contribution in [1.29, 1.82) is 0 Å². The fourth-order valence-corrected chi connectivity index (χ4v) is 2.14. The van der Waals surface area contributed by atoms with Gasteiger partial charge in [0.1, 0.15) is 0 Å². The van der Waals surface area contributed by atoms with Crippen LogP contribution in [0.2, 0.25) is 0 Å². The molecule has 0 aliphatic carbocycles. The molecular weight excluding hydrogens is 294 g/mol. The second kappa shape index (κ2) is 6.58. The van der Waals surface area contributed by atoms with E-state index in [4.69, 9.17) is 16.3 Å². The van der Waals surface area contributed by atoms with Crippen LogP contribution in [0.15, 0.2) is 30.6 Å². The fraction of sp³-hybridized carbons (Fsp3) is 0.357. The largest absolute Gasteiger partial charge is 0.490 e. The molecule has 112 valence electrons. The summed E-state index contributed by atoms with van der Waals surface area (Å²) in [6.07, 6.45) is 4.40. The molecule has 1 aromatic heterocycles. The lowest BCUT2D eigenvalue weighted by Crippen LogP contribution is -2.02. The molecule has 1 unspecified atom stereocenters. The number of alkyl halides is 1. The highest BCUT2D eigenvalue weighted by Gasteiger charge is 2.15. The zero-order chi connectivity index (χ0) is 15.4. The minimum atomic E-state index is -0.456. The van der Waals surface area contributed by atoms with E-state index in [1.807, 2.05) is 13.1 Å². The second-order valence-electron chi connectivity index (χ2n) is 4.61. The smallest absolute Gasteiger partial charge is 0.311 e. The van der Waals surface area contributed by atoms with Gasteiger partial charge in [-0.2, -0.15) is 5.10 Å². The van der Waals surface area contributed by atoms with Gasteiger partial charge in [0.25, 0.3) is 0 Å². The Morgan fingerprint density at radius 3 is 2.90 bits per heavy atom. The Hall–Kier alpha value is -2.08. The van der Waals surface area contributed by atoms with Gasteiger partial charge in [0.2, 0.25) is 0 Å². The summed E-state index contributed by atoms with van der Waals surface area (Å²) in [5.41, 5.74) is 1.67. The molecule has 1 aromatic carbocycles. The van der Waals surface area contributed by atoms with Gasteiger partial charge in [-0.05, 0) is 18.1 Å². The first-order valence-electron chi connectivity index (χ1n) is 6.52. The van der Waals surface area contributed by atoms with Crippen LogP contribution in [0.25, 0.3) is 0 Å². The van der Waals surface area contributed by atoms with Crippen LogP contribution in [-0.4, -0.2) is 21.8 Å². The van der Waals surface area contributed by atoms with Gasteiger partial charge in [-0.25, -0.2) is 0 Å². The molecule has 0 saturated carbocycles. The number of benzene rings is 1. The number of hydrogen-bond donors (Lipinski definition) is 0. The van der Waals surface area contributed by atoms with Crippen LogP contribution in [0.4, 0.5) is 5.69 Å². The maximum absolute atomic E-state index is 11.0. The van der Waals surface area contributed by atoms with Gasteiger partial charge in [0.05, 0.1) is 30.2 Å². The first-order valence-corrected chi connectivity index (χ1v) is 6.96. The number of ether oxygens (including phenoxy) is 1. The Morgan fingerprint density at radius 1 is 1.52 bits per heavy atom. The number of hydrogen-bond acceptors (Lipinski definition) is 4. The molecule has 2 aromatic rings. The van der Waals surface area contributed by atoms with E-state index in [0.717, 1.165) is 17.5 Å². The Morgan fingerprint density at radius 2 is 2.29 bits per heavy atom. The van der Waals surface area contributed by atoms with Crippen molar-refractivity contribution in [1.82, 2.24) is 9.78 Å². The Bertz CT molecular complexity index is 642. The van der Waals surface area contributed by atoms with Crippen molar-refractivity contribution in [2.45, 2.75) is 25.3 Å². The molecule has 0 bridgehead atoms. The predicted octanol–water partition coefficient (Wildman–Crippen LogP) is 3.54. The van der Waals surface area contributed by atoms with Gasteiger partial charge >= 0.3 is 5.69 Å². The molecule has 1 atom stereocenters. The molecule has 0 radical (unpaired) electrons. The summed E-state index contributed by atoms with van der Waals surface area (Å²) in [5, 5.41) is 15.2. The van der Waals surface area contributed by atoms with Crippen molar-refractivity contribution >= 4 is 17.3 Å². The zero-order valence-electron chi connectivity index (χ0n) is 11.8. The molecule has 0 amide bonds. The van der Waals surface area contributed by atoms with E-state index in [1.54, 1.807) is 23.0 Å². The molecule has 0 fully saturated rings. The standard InChI is InChI=1S/C14H16ClN3O3/c1-3-12(15)11-7-16-17(9-11)8-10-4-5-14(21-2)13(6-10)18(19)20/h4-7,9,12H,3,8H2,1-2H3. The first-order chi connectivity index (χ1) is 10.0. The van der Waals surface area contributed by atoms with Crippen LogP contribution in [0.5, 0.6) is 5.75 Å². The number of nitro benzene ring substituents is 1. The highest BCUT2D eigenvalue weighted by molar-refractivity contribution is 6.20. The molecule has 21 heavy (non-hydrogen) atoms. The molecular formula is C14H16ClN3O3. The van der Waals surface area contributed by atoms with Crippen LogP contribution in [0.1, 0.15) is 29.8 Å². The monoisotopic (exact) mass is 309 g/mol. The van der Waals surface area contributed by atoms with Crippen LogP contribution in [0, 0.1) is 10.1 Å². The topological polar surface area (TPSA) is 70.2 Å². The SMILES string of the molecule is CCC(Cl)c1cnn(Cc2ccc(OC)c([N+](=O)[O-])c2)c1. The summed E-state index contributed by atoms with van der Waals surface area (Å²) < 4.78 is 6.69. The lowest BCUT2D eigenvalue weighted by atomic mass is 10.2. The van der Waals surface area contributed by atoms with Gasteiger partial charge in [-0.3, -0.25) is 14.8 Å². The quantitative estimate of drug-likeness (QED) is 0.465. The molecule has 6 nitrogen and oxygen atoms in total. The first kappa shape index (κ1) is 15.3. The van der Waals surface area contributed by atoms with Crippen molar-refractivity contribution in [2.24, 2.45) is 0 Å². The van der Waals surface area contributed by atoms with Gasteiger partial charge in [0.15, 0.2) is 5.75 Å². The Kier molecular flexibility index (Phi) is 4.80. The summed E-state index contributed by atoms with van der Waals surface area (Å²) in [5.74, 6) is 0.247. The second-order valence-corrected chi connectivity index (χ2v) is 5.14. The Labute approximate surface area is 127 Å². The lowest BCUT2D eigenvalue weighted by molar-refractivity contribution is -0.385. The minimum absolute atomic E-state index is 0.0499. The summed E-state index contributed by atoms with van der Waals surface area (Å²) in [6.45, 7) is 2.44. The molecule has 1 heterocycles. The van der Waals surface area contributed by atoms with Crippen LogP contribution in [0.3, 0.4) is 0 Å². The maximum Gasteiger partial charge on any atom is 0.311 e. The number of rotatable bonds is 6. The van der Waals surface area contributed by atoms with Crippen LogP contribution < -0.4 is 4.74 Å². The lowest BCUT2D eigenvalue weighted by Gasteiger charge is -2.05. The van der Waals surface area contributed by atoms with Crippen LogP contribution in [-0.2, 0) is 6.54 Å². The molecule has 7 heteroatoms. The molecule has 2 rings (SSSR count). The van der Waals surface area contributed by atoms with E-state index < -0.39 is 4.92 Å². The third-order valence-electron chi connectivity index (χ3n) is 3.16. The van der Waals surface area contributed by atoms with Crippen molar-refractivity contribution in [3.05, 3.63) is 51.8 Å². The van der Waals surface area contributed by atoms with E-state index in [9.17, 15) is 10.1 Å². The maximum atomic E-state index is 11.0. The highest BCUT2D eigenvalue weighted by Crippen LogP contribution is 2.28. The summed E-state index contributed by atoms with van der Waals surface area (Å²) in [6, 6.07) is 4.87. The van der Waals surface area contributed by atoms with Crippen molar-refractivity contribution < 1.29 is 9.66 Å². The predicted molar refractivity (Wildman–Crippen MR) is 79.9 cm³/mol. The highest BCUT2D eigenvalue weighted by atomic mass is 35.5. The van der Waals surface area contributed by atoms with Gasteiger partial charge < -0.3 is 4.74 Å². The number of nitro groups is 1. The molecule has 0 aliphatic rings. The van der Waals surface area contributed by atoms with E-state index >= 15 is 0 Å². The third kappa shape index (κ3) is 3.52. The average Bonchev–Trinajstić information content (AvgIpc) is 2.94. The third-order valence-corrected chi connectivity index (χ3v) is 3.72. The molecule has 0 spiro atoms. The summed E-state index contributed by atoms with van der Waals surface area (Å²) in [7, 11) is 1.41. The average molecular weight is 310 g/mol. The van der Waals surface area contributed by atoms with Crippen molar-refractivity contribution in [3.63, 3.8) is 0 Å². The number of methoxy groups -OCH3 is 1. The molecule has 0 aliphatic heterocycles. The molecule has 0 N–H and O–H groups in total. The number of nitrogens with zero attached hydrogens (tertiary/aromatic N) is 3.